The second kappa shape index (κ2) is 11.9. The van der Waals surface area contributed by atoms with E-state index in [1.54, 1.807) is 12.1 Å². The number of halogens is 2. The number of rotatable bonds is 5. The van der Waals surface area contributed by atoms with Crippen molar-refractivity contribution in [2.45, 2.75) is 25.8 Å². The lowest BCUT2D eigenvalue weighted by Gasteiger charge is -2.32. The number of nitrogens with zero attached hydrogens (tertiary/aromatic N) is 4. The van der Waals surface area contributed by atoms with E-state index in [-0.39, 0.29) is 29.1 Å². The van der Waals surface area contributed by atoms with E-state index < -0.39 is 4.92 Å². The van der Waals surface area contributed by atoms with Gasteiger partial charge in [-0.3, -0.25) is 14.9 Å². The minimum Gasteiger partial charge on any atom is -0.378 e. The maximum Gasteiger partial charge on any atom is 0.293 e. The van der Waals surface area contributed by atoms with Gasteiger partial charge in [-0.25, -0.2) is 5.01 Å². The highest BCUT2D eigenvalue weighted by Gasteiger charge is 2.45. The molecular weight excluding hydrogens is 575 g/mol. The third kappa shape index (κ3) is 5.67. The predicted octanol–water partition coefficient (Wildman–Crippen LogP) is 7.42. The van der Waals surface area contributed by atoms with Crippen LogP contribution in [0, 0.1) is 22.0 Å². The Balaban J connectivity index is 1.41. The fraction of sp³-hybridized carbons (Fsp3) is 0.312. The first kappa shape index (κ1) is 28.4. The van der Waals surface area contributed by atoms with Crippen molar-refractivity contribution in [1.29, 1.82) is 0 Å². The van der Waals surface area contributed by atoms with Crippen molar-refractivity contribution in [1.82, 2.24) is 5.01 Å². The number of nitro benzene ring substituents is 1. The van der Waals surface area contributed by atoms with Crippen LogP contribution in [0.3, 0.4) is 0 Å². The number of hydrogen-bond donors (Lipinski definition) is 0. The molecule has 0 aromatic heterocycles. The zero-order valence-corrected chi connectivity index (χ0v) is 24.6. The Morgan fingerprint density at radius 3 is 2.36 bits per heavy atom. The molecule has 216 valence electrons. The largest absolute Gasteiger partial charge is 0.378 e. The van der Waals surface area contributed by atoms with Crippen LogP contribution >= 0.6 is 23.2 Å². The fourth-order valence-electron chi connectivity index (χ4n) is 6.22. The molecule has 42 heavy (non-hydrogen) atoms. The number of hydrogen-bond acceptors (Lipinski definition) is 6. The van der Waals surface area contributed by atoms with Gasteiger partial charge >= 0.3 is 0 Å². The molecule has 2 aliphatic heterocycles. The Morgan fingerprint density at radius 2 is 1.69 bits per heavy atom. The first-order valence-electron chi connectivity index (χ1n) is 14.0. The average molecular weight is 606 g/mol. The number of amides is 1. The van der Waals surface area contributed by atoms with E-state index >= 15 is 0 Å². The zero-order chi connectivity index (χ0) is 29.4. The zero-order valence-electron chi connectivity index (χ0n) is 23.1. The number of nitro groups is 1. The van der Waals surface area contributed by atoms with Crippen molar-refractivity contribution in [3.63, 3.8) is 0 Å². The second-order valence-corrected chi connectivity index (χ2v) is 11.9. The standard InChI is InChI=1S/C32H30Cl2N4O4/c1-20-16-24(18-21-2-7-25(33)8-3-21)30-27(17-20)31(22-4-9-26(34)10-5-22)37(35-30)32(39)23-6-11-28(29(19-23)38(40)41)36-12-14-42-15-13-36/h2-11,18-20,27,31H,12-17H2,1H3/b24-18+/t20-,27-,31-/m1/s1. The Hall–Kier alpha value is -3.72. The van der Waals surface area contributed by atoms with E-state index in [1.807, 2.05) is 53.4 Å². The van der Waals surface area contributed by atoms with E-state index in [9.17, 15) is 14.9 Å². The summed E-state index contributed by atoms with van der Waals surface area (Å²) in [6, 6.07) is 19.5. The summed E-state index contributed by atoms with van der Waals surface area (Å²) in [6.07, 6.45) is 3.80. The highest BCUT2D eigenvalue weighted by molar-refractivity contribution is 6.30. The molecule has 3 aromatic rings. The molecule has 0 N–H and O–H groups in total. The maximum atomic E-state index is 14.2. The van der Waals surface area contributed by atoms with Gasteiger partial charge in [-0.05, 0) is 77.9 Å². The molecule has 1 amide bonds. The normalized spacial score (nSPS) is 23.1. The smallest absolute Gasteiger partial charge is 0.293 e. The Morgan fingerprint density at radius 1 is 1.02 bits per heavy atom. The molecule has 10 heteroatoms. The maximum absolute atomic E-state index is 14.2. The molecule has 3 aromatic carbocycles. The molecule has 0 radical (unpaired) electrons. The number of allylic oxidation sites excluding steroid dienone is 1. The van der Waals surface area contributed by atoms with Crippen molar-refractivity contribution in [2.75, 3.05) is 31.2 Å². The van der Waals surface area contributed by atoms with Gasteiger partial charge in [0.05, 0.1) is 29.9 Å². The van der Waals surface area contributed by atoms with Crippen LogP contribution in [0.15, 0.2) is 77.4 Å². The predicted molar refractivity (Wildman–Crippen MR) is 165 cm³/mol. The molecule has 2 fully saturated rings. The molecule has 6 rings (SSSR count). The number of benzene rings is 3. The topological polar surface area (TPSA) is 88.3 Å². The van der Waals surface area contributed by atoms with Crippen LogP contribution in [0.5, 0.6) is 0 Å². The minimum atomic E-state index is -0.428. The third-order valence-electron chi connectivity index (χ3n) is 8.17. The average Bonchev–Trinajstić information content (AvgIpc) is 3.38. The van der Waals surface area contributed by atoms with Crippen LogP contribution < -0.4 is 4.90 Å². The van der Waals surface area contributed by atoms with Crippen LogP contribution in [0.4, 0.5) is 11.4 Å². The molecule has 3 atom stereocenters. The van der Waals surface area contributed by atoms with Crippen molar-refractivity contribution < 1.29 is 14.5 Å². The Labute approximate surface area is 254 Å². The van der Waals surface area contributed by atoms with Gasteiger partial charge in [0.15, 0.2) is 0 Å². The van der Waals surface area contributed by atoms with Gasteiger partial charge in [-0.15, -0.1) is 0 Å². The lowest BCUT2D eigenvalue weighted by Crippen LogP contribution is -2.36. The van der Waals surface area contributed by atoms with Crippen molar-refractivity contribution in [3.05, 3.63) is 109 Å². The molecule has 0 unspecified atom stereocenters. The van der Waals surface area contributed by atoms with Crippen LogP contribution in [0.2, 0.25) is 10.0 Å². The number of ether oxygens (including phenoxy) is 1. The first-order chi connectivity index (χ1) is 20.3. The molecule has 1 saturated heterocycles. The summed E-state index contributed by atoms with van der Waals surface area (Å²) in [5, 5.41) is 19.9. The highest BCUT2D eigenvalue weighted by Crippen LogP contribution is 2.47. The fourth-order valence-corrected chi connectivity index (χ4v) is 6.47. The summed E-state index contributed by atoms with van der Waals surface area (Å²) in [5.41, 5.74) is 4.46. The number of morpholine rings is 1. The minimum absolute atomic E-state index is 0.0416. The molecule has 1 saturated carbocycles. The molecule has 3 aliphatic rings. The molecule has 0 spiro atoms. The van der Waals surface area contributed by atoms with E-state index in [0.29, 0.717) is 48.0 Å². The number of hydrazone groups is 1. The van der Waals surface area contributed by atoms with Crippen LogP contribution in [0.25, 0.3) is 6.08 Å². The van der Waals surface area contributed by atoms with Crippen LogP contribution in [0.1, 0.15) is 47.3 Å². The van der Waals surface area contributed by atoms with E-state index in [0.717, 1.165) is 35.3 Å². The van der Waals surface area contributed by atoms with Gasteiger partial charge < -0.3 is 9.64 Å². The van der Waals surface area contributed by atoms with Crippen molar-refractivity contribution >= 4 is 52.3 Å². The van der Waals surface area contributed by atoms with Gasteiger partial charge in [0.25, 0.3) is 11.6 Å². The summed E-state index contributed by atoms with van der Waals surface area (Å²) >= 11 is 12.3. The number of carbonyl (C=O) groups is 1. The Kier molecular flexibility index (Phi) is 8.03. The van der Waals surface area contributed by atoms with Gasteiger partial charge in [-0.1, -0.05) is 54.4 Å². The lowest BCUT2D eigenvalue weighted by atomic mass is 9.73. The first-order valence-corrected chi connectivity index (χ1v) is 14.8. The summed E-state index contributed by atoms with van der Waals surface area (Å²) in [7, 11) is 0. The van der Waals surface area contributed by atoms with E-state index in [1.165, 1.54) is 11.1 Å². The SMILES string of the molecule is C[C@@H]1C/C(=C\c2ccc(Cl)cc2)C2=NN(C(=O)c3ccc(N4CCOCC4)c([N+](=O)[O-])c3)[C@H](c3ccc(Cl)cc3)[C@@H]2C1. The second-order valence-electron chi connectivity index (χ2n) is 11.1. The van der Waals surface area contributed by atoms with Crippen LogP contribution in [-0.4, -0.2) is 47.9 Å². The number of anilines is 1. The van der Waals surface area contributed by atoms with E-state index in [2.05, 4.69) is 13.0 Å². The van der Waals surface area contributed by atoms with Gasteiger partial charge in [0, 0.05) is 40.7 Å². The summed E-state index contributed by atoms with van der Waals surface area (Å²) in [6.45, 7) is 4.31. The van der Waals surface area contributed by atoms with Crippen LogP contribution in [-0.2, 0) is 4.74 Å². The molecular formula is C32H30Cl2N4O4. The quantitative estimate of drug-likeness (QED) is 0.223. The monoisotopic (exact) mass is 604 g/mol. The Bertz CT molecular complexity index is 1570. The van der Waals surface area contributed by atoms with Crippen molar-refractivity contribution in [3.8, 4) is 0 Å². The summed E-state index contributed by atoms with van der Waals surface area (Å²) in [4.78, 5) is 27.8. The lowest BCUT2D eigenvalue weighted by molar-refractivity contribution is -0.384. The molecule has 2 heterocycles. The van der Waals surface area contributed by atoms with Gasteiger partial charge in [-0.2, -0.15) is 5.10 Å². The highest BCUT2D eigenvalue weighted by atomic mass is 35.5. The van der Waals surface area contributed by atoms with Crippen molar-refractivity contribution in [2.24, 2.45) is 16.9 Å². The molecule has 1 aliphatic carbocycles. The molecule has 0 bridgehead atoms. The summed E-state index contributed by atoms with van der Waals surface area (Å²) < 4.78 is 5.41. The third-order valence-corrected chi connectivity index (χ3v) is 8.67. The van der Waals surface area contributed by atoms with Gasteiger partial charge in [0.1, 0.15) is 5.69 Å². The molecule has 8 nitrogen and oxygen atoms in total. The number of carbonyl (C=O) groups excluding carboxylic acids is 1. The van der Waals surface area contributed by atoms with E-state index in [4.69, 9.17) is 33.0 Å². The number of fused-ring (bicyclic) bond motifs is 1. The van der Waals surface area contributed by atoms with Gasteiger partial charge in [0.2, 0.25) is 0 Å². The summed E-state index contributed by atoms with van der Waals surface area (Å²) in [5.74, 6) is -0.0572.